The zero-order valence-electron chi connectivity index (χ0n) is 13.5. The third kappa shape index (κ3) is 2.88. The summed E-state index contributed by atoms with van der Waals surface area (Å²) in [5.41, 5.74) is 7.54. The van der Waals surface area contributed by atoms with Gasteiger partial charge >= 0.3 is 0 Å². The summed E-state index contributed by atoms with van der Waals surface area (Å²) >= 11 is 6.17. The maximum atomic E-state index is 12.6. The summed E-state index contributed by atoms with van der Waals surface area (Å²) in [5, 5.41) is 4.16. The number of hydrogen-bond acceptors (Lipinski definition) is 3. The fourth-order valence-electron chi connectivity index (χ4n) is 3.76. The van der Waals surface area contributed by atoms with E-state index < -0.39 is 0 Å². The predicted octanol–water partition coefficient (Wildman–Crippen LogP) is 3.88. The molecule has 1 aromatic heterocycles. The second kappa shape index (κ2) is 6.36. The third-order valence-electron chi connectivity index (χ3n) is 5.08. The van der Waals surface area contributed by atoms with E-state index in [4.69, 9.17) is 17.3 Å². The number of nitrogens with zero attached hydrogens (tertiary/aromatic N) is 1. The van der Waals surface area contributed by atoms with Crippen LogP contribution in [0, 0.1) is 17.8 Å². The standard InChI is InChI=1S/C18H22ClN3O/c1-3-10-11(4-2)14(10)9-22-18(23)13-8-15(19)16(20)12-6-5-7-21-17(12)13/h5-8,10-11,14H,3-4,9,20H2,1-2H3,(H,22,23). The van der Waals surface area contributed by atoms with Crippen LogP contribution in [-0.2, 0) is 0 Å². The van der Waals surface area contributed by atoms with Crippen LogP contribution in [0.15, 0.2) is 24.4 Å². The highest BCUT2D eigenvalue weighted by Crippen LogP contribution is 2.50. The van der Waals surface area contributed by atoms with Crippen LogP contribution in [0.5, 0.6) is 0 Å². The molecule has 0 spiro atoms. The van der Waals surface area contributed by atoms with Gasteiger partial charge in [0.1, 0.15) is 0 Å². The number of halogens is 1. The zero-order valence-corrected chi connectivity index (χ0v) is 14.2. The molecule has 2 atom stereocenters. The van der Waals surface area contributed by atoms with Crippen molar-refractivity contribution in [3.63, 3.8) is 0 Å². The molecule has 1 aromatic carbocycles. The Bertz CT molecular complexity index is 736. The Labute approximate surface area is 141 Å². The highest BCUT2D eigenvalue weighted by molar-refractivity contribution is 6.35. The summed E-state index contributed by atoms with van der Waals surface area (Å²) in [4.78, 5) is 16.9. The lowest BCUT2D eigenvalue weighted by Gasteiger charge is -2.10. The topological polar surface area (TPSA) is 68.0 Å². The molecule has 1 saturated carbocycles. The summed E-state index contributed by atoms with van der Waals surface area (Å²) in [6.45, 7) is 5.14. The summed E-state index contributed by atoms with van der Waals surface area (Å²) in [5.74, 6) is 1.94. The van der Waals surface area contributed by atoms with E-state index in [1.54, 1.807) is 18.3 Å². The first-order valence-corrected chi connectivity index (χ1v) is 8.57. The lowest BCUT2D eigenvalue weighted by Crippen LogP contribution is -2.26. The predicted molar refractivity (Wildman–Crippen MR) is 94.6 cm³/mol. The van der Waals surface area contributed by atoms with Crippen molar-refractivity contribution in [1.29, 1.82) is 0 Å². The van der Waals surface area contributed by atoms with E-state index in [0.29, 0.717) is 34.3 Å². The fraction of sp³-hybridized carbons (Fsp3) is 0.444. The second-order valence-corrected chi connectivity index (χ2v) is 6.64. The molecule has 2 aromatic rings. The molecule has 0 saturated heterocycles. The van der Waals surface area contributed by atoms with E-state index >= 15 is 0 Å². The van der Waals surface area contributed by atoms with Gasteiger partial charge in [-0.05, 0) is 36.0 Å². The molecular weight excluding hydrogens is 310 g/mol. The number of fused-ring (bicyclic) bond motifs is 1. The van der Waals surface area contributed by atoms with Crippen molar-refractivity contribution in [2.45, 2.75) is 26.7 Å². The van der Waals surface area contributed by atoms with Gasteiger partial charge in [-0.1, -0.05) is 38.3 Å². The number of nitrogen functional groups attached to an aromatic ring is 1. The van der Waals surface area contributed by atoms with Crippen LogP contribution in [0.1, 0.15) is 37.0 Å². The normalized spacial score (nSPS) is 23.0. The van der Waals surface area contributed by atoms with Crippen LogP contribution in [0.25, 0.3) is 10.9 Å². The fourth-order valence-corrected chi connectivity index (χ4v) is 3.97. The lowest BCUT2D eigenvalue weighted by atomic mass is 10.1. The van der Waals surface area contributed by atoms with Gasteiger partial charge in [-0.15, -0.1) is 0 Å². The number of aromatic nitrogens is 1. The summed E-state index contributed by atoms with van der Waals surface area (Å²) in [6, 6.07) is 5.24. The molecule has 0 bridgehead atoms. The summed E-state index contributed by atoms with van der Waals surface area (Å²) < 4.78 is 0. The molecule has 3 rings (SSSR count). The molecule has 1 heterocycles. The first-order valence-electron chi connectivity index (χ1n) is 8.19. The number of hydrogen-bond donors (Lipinski definition) is 2. The van der Waals surface area contributed by atoms with Gasteiger partial charge in [-0.2, -0.15) is 0 Å². The minimum Gasteiger partial charge on any atom is -0.397 e. The Morgan fingerprint density at radius 3 is 2.65 bits per heavy atom. The Morgan fingerprint density at radius 1 is 1.30 bits per heavy atom. The molecule has 23 heavy (non-hydrogen) atoms. The largest absolute Gasteiger partial charge is 0.397 e. The molecule has 1 amide bonds. The molecular formula is C18H22ClN3O. The van der Waals surface area contributed by atoms with Gasteiger partial charge in [0.15, 0.2) is 0 Å². The van der Waals surface area contributed by atoms with Crippen LogP contribution in [0.2, 0.25) is 5.02 Å². The van der Waals surface area contributed by atoms with E-state index in [2.05, 4.69) is 24.1 Å². The van der Waals surface area contributed by atoms with Crippen molar-refractivity contribution >= 4 is 34.1 Å². The quantitative estimate of drug-likeness (QED) is 0.817. The highest BCUT2D eigenvalue weighted by atomic mass is 35.5. The van der Waals surface area contributed by atoms with Gasteiger partial charge in [0.2, 0.25) is 0 Å². The van der Waals surface area contributed by atoms with E-state index in [1.165, 1.54) is 12.8 Å². The highest BCUT2D eigenvalue weighted by Gasteiger charge is 2.46. The summed E-state index contributed by atoms with van der Waals surface area (Å²) in [6.07, 6.45) is 4.02. The second-order valence-electron chi connectivity index (χ2n) is 6.24. The van der Waals surface area contributed by atoms with Crippen molar-refractivity contribution in [2.75, 3.05) is 12.3 Å². The zero-order chi connectivity index (χ0) is 16.6. The van der Waals surface area contributed by atoms with Gasteiger partial charge in [0.25, 0.3) is 5.91 Å². The average molecular weight is 332 g/mol. The molecule has 1 aliphatic carbocycles. The molecule has 1 fully saturated rings. The van der Waals surface area contributed by atoms with Gasteiger partial charge in [0, 0.05) is 18.1 Å². The maximum Gasteiger partial charge on any atom is 0.253 e. The van der Waals surface area contributed by atoms with Crippen molar-refractivity contribution < 1.29 is 4.79 Å². The van der Waals surface area contributed by atoms with E-state index in [1.807, 2.05) is 6.07 Å². The average Bonchev–Trinajstić information content (AvgIpc) is 3.28. The number of amides is 1. The molecule has 4 nitrogen and oxygen atoms in total. The smallest absolute Gasteiger partial charge is 0.253 e. The van der Waals surface area contributed by atoms with Crippen molar-refractivity contribution in [1.82, 2.24) is 10.3 Å². The van der Waals surface area contributed by atoms with Gasteiger partial charge in [-0.3, -0.25) is 9.78 Å². The van der Waals surface area contributed by atoms with Crippen LogP contribution in [-0.4, -0.2) is 17.4 Å². The molecule has 1 aliphatic rings. The van der Waals surface area contributed by atoms with Crippen molar-refractivity contribution in [3.8, 4) is 0 Å². The van der Waals surface area contributed by atoms with E-state index in [9.17, 15) is 4.79 Å². The van der Waals surface area contributed by atoms with Crippen LogP contribution >= 0.6 is 11.6 Å². The van der Waals surface area contributed by atoms with Gasteiger partial charge in [-0.25, -0.2) is 0 Å². The first-order chi connectivity index (χ1) is 11.1. The Balaban J connectivity index is 1.81. The number of anilines is 1. The first kappa shape index (κ1) is 16.1. The number of carbonyl (C=O) groups is 1. The third-order valence-corrected chi connectivity index (χ3v) is 5.39. The lowest BCUT2D eigenvalue weighted by molar-refractivity contribution is 0.0952. The molecule has 3 N–H and O–H groups in total. The number of nitrogens with two attached hydrogens (primary N) is 1. The Kier molecular flexibility index (Phi) is 4.44. The van der Waals surface area contributed by atoms with Crippen LogP contribution in [0.4, 0.5) is 5.69 Å². The molecule has 0 aliphatic heterocycles. The monoisotopic (exact) mass is 331 g/mol. The van der Waals surface area contributed by atoms with Crippen molar-refractivity contribution in [2.24, 2.45) is 17.8 Å². The van der Waals surface area contributed by atoms with E-state index in [-0.39, 0.29) is 5.91 Å². The van der Waals surface area contributed by atoms with E-state index in [0.717, 1.165) is 17.2 Å². The minimum atomic E-state index is -0.132. The van der Waals surface area contributed by atoms with Crippen LogP contribution < -0.4 is 11.1 Å². The van der Waals surface area contributed by atoms with Gasteiger partial charge in [0.05, 0.1) is 21.8 Å². The number of rotatable bonds is 5. The van der Waals surface area contributed by atoms with Gasteiger partial charge < -0.3 is 11.1 Å². The molecule has 5 heteroatoms. The summed E-state index contributed by atoms with van der Waals surface area (Å²) in [7, 11) is 0. The minimum absolute atomic E-state index is 0.132. The Hall–Kier alpha value is -1.81. The Morgan fingerprint density at radius 2 is 2.00 bits per heavy atom. The molecule has 2 unspecified atom stereocenters. The number of pyridine rings is 1. The number of benzene rings is 1. The van der Waals surface area contributed by atoms with Crippen LogP contribution in [0.3, 0.4) is 0 Å². The number of carbonyl (C=O) groups excluding carboxylic acids is 1. The van der Waals surface area contributed by atoms with Crippen molar-refractivity contribution in [3.05, 3.63) is 35.0 Å². The maximum absolute atomic E-state index is 12.6. The molecule has 0 radical (unpaired) electrons. The number of nitrogens with one attached hydrogen (secondary N) is 1. The molecule has 122 valence electrons. The SMILES string of the molecule is CCC1C(CC)C1CNC(=O)c1cc(Cl)c(N)c2cccnc12.